The zero-order chi connectivity index (χ0) is 14.7. The summed E-state index contributed by atoms with van der Waals surface area (Å²) in [5, 5.41) is 6.29. The Labute approximate surface area is 127 Å². The van der Waals surface area contributed by atoms with Gasteiger partial charge >= 0.3 is 0 Å². The predicted molar refractivity (Wildman–Crippen MR) is 89.9 cm³/mol. The fraction of sp³-hybridized carbons (Fsp3) is 0.500. The number of rotatable bonds is 2. The molecule has 112 valence electrons. The molecule has 0 spiro atoms. The Hall–Kier alpha value is -1.61. The van der Waals surface area contributed by atoms with E-state index >= 15 is 0 Å². The summed E-state index contributed by atoms with van der Waals surface area (Å²) in [6.45, 7) is 6.82. The van der Waals surface area contributed by atoms with Gasteiger partial charge in [0, 0.05) is 54.0 Å². The minimum absolute atomic E-state index is 0.592. The van der Waals surface area contributed by atoms with E-state index in [1.165, 1.54) is 35.7 Å². The van der Waals surface area contributed by atoms with Gasteiger partial charge in [0.15, 0.2) is 0 Å². The maximum absolute atomic E-state index is 4.24. The molecule has 2 unspecified atom stereocenters. The molecule has 21 heavy (non-hydrogen) atoms. The van der Waals surface area contributed by atoms with Gasteiger partial charge in [0.25, 0.3) is 0 Å². The quantitative estimate of drug-likeness (QED) is 0.913. The number of anilines is 1. The van der Waals surface area contributed by atoms with Crippen LogP contribution in [0.15, 0.2) is 36.7 Å². The summed E-state index contributed by atoms with van der Waals surface area (Å²) in [6, 6.07) is 9.92. The van der Waals surface area contributed by atoms with Crippen LogP contribution in [-0.2, 0) is 0 Å². The second-order valence-corrected chi connectivity index (χ2v) is 6.11. The van der Waals surface area contributed by atoms with Gasteiger partial charge < -0.3 is 10.2 Å². The Morgan fingerprint density at radius 2 is 2.10 bits per heavy atom. The molecule has 1 saturated heterocycles. The van der Waals surface area contributed by atoms with Crippen molar-refractivity contribution in [3.05, 3.63) is 36.7 Å². The first-order valence-electron chi connectivity index (χ1n) is 8.11. The lowest BCUT2D eigenvalue weighted by Crippen LogP contribution is -2.44. The first-order valence-corrected chi connectivity index (χ1v) is 8.11. The molecule has 1 fully saturated rings. The van der Waals surface area contributed by atoms with Gasteiger partial charge in [-0.1, -0.05) is 19.1 Å². The van der Waals surface area contributed by atoms with Gasteiger partial charge in [-0.05, 0) is 38.3 Å². The Morgan fingerprint density at radius 1 is 1.24 bits per heavy atom. The molecule has 0 saturated carbocycles. The number of benzene rings is 1. The lowest BCUT2D eigenvalue weighted by molar-refractivity contribution is 0.379. The van der Waals surface area contributed by atoms with Gasteiger partial charge in [-0.15, -0.1) is 0 Å². The predicted octanol–water partition coefficient (Wildman–Crippen LogP) is 3.59. The molecule has 1 aromatic heterocycles. The van der Waals surface area contributed by atoms with E-state index in [1.54, 1.807) is 0 Å². The third-order valence-electron chi connectivity index (χ3n) is 4.59. The van der Waals surface area contributed by atoms with Crippen LogP contribution in [0.4, 0.5) is 5.69 Å². The van der Waals surface area contributed by atoms with Gasteiger partial charge in [-0.2, -0.15) is 0 Å². The zero-order valence-electron chi connectivity index (χ0n) is 13.0. The maximum Gasteiger partial charge on any atom is 0.0447 e. The van der Waals surface area contributed by atoms with Crippen LogP contribution < -0.4 is 10.2 Å². The summed E-state index contributed by atoms with van der Waals surface area (Å²) in [7, 11) is 0. The summed E-state index contributed by atoms with van der Waals surface area (Å²) >= 11 is 0. The molecule has 0 amide bonds. The van der Waals surface area contributed by atoms with Crippen LogP contribution >= 0.6 is 0 Å². The van der Waals surface area contributed by atoms with Gasteiger partial charge in [0.05, 0.1) is 0 Å². The number of fused-ring (bicyclic) bond motifs is 1. The van der Waals surface area contributed by atoms with Gasteiger partial charge in [-0.25, -0.2) is 0 Å². The van der Waals surface area contributed by atoms with Crippen LogP contribution in [0.2, 0.25) is 0 Å². The summed E-state index contributed by atoms with van der Waals surface area (Å²) < 4.78 is 0. The standard InChI is InChI=1S/C18H25N3/c1-3-16-9-12-21(11-8-14(2)20-16)18-6-4-5-15-13-19-10-7-17(15)18/h4-7,10,13-14,16,20H,3,8-9,11-12H2,1-2H3. The van der Waals surface area contributed by atoms with E-state index < -0.39 is 0 Å². The number of hydrogen-bond acceptors (Lipinski definition) is 3. The average Bonchev–Trinajstić information content (AvgIpc) is 2.51. The van der Waals surface area contributed by atoms with E-state index in [9.17, 15) is 0 Å². The summed E-state index contributed by atoms with van der Waals surface area (Å²) in [6.07, 6.45) is 7.47. The number of nitrogens with zero attached hydrogens (tertiary/aromatic N) is 2. The zero-order valence-corrected chi connectivity index (χ0v) is 13.0. The molecule has 1 N–H and O–H groups in total. The Morgan fingerprint density at radius 3 is 2.95 bits per heavy atom. The van der Waals surface area contributed by atoms with Crippen molar-refractivity contribution in [2.24, 2.45) is 0 Å². The van der Waals surface area contributed by atoms with Crippen molar-refractivity contribution >= 4 is 16.5 Å². The summed E-state index contributed by atoms with van der Waals surface area (Å²) in [4.78, 5) is 6.80. The third-order valence-corrected chi connectivity index (χ3v) is 4.59. The normalized spacial score (nSPS) is 23.8. The fourth-order valence-corrected chi connectivity index (χ4v) is 3.29. The molecule has 2 heterocycles. The van der Waals surface area contributed by atoms with Crippen molar-refractivity contribution in [2.45, 2.75) is 45.2 Å². The van der Waals surface area contributed by atoms with E-state index in [-0.39, 0.29) is 0 Å². The molecule has 0 aliphatic carbocycles. The minimum Gasteiger partial charge on any atom is -0.371 e. The van der Waals surface area contributed by atoms with Crippen molar-refractivity contribution in [1.82, 2.24) is 10.3 Å². The fourth-order valence-electron chi connectivity index (χ4n) is 3.29. The summed E-state index contributed by atoms with van der Waals surface area (Å²) in [5.41, 5.74) is 1.36. The van der Waals surface area contributed by atoms with Crippen LogP contribution in [0.3, 0.4) is 0 Å². The molecule has 0 radical (unpaired) electrons. The molecule has 1 aromatic carbocycles. The SMILES string of the molecule is CCC1CCN(c2cccc3cnccc23)CCC(C)N1. The third kappa shape index (κ3) is 3.18. The highest BCUT2D eigenvalue weighted by Crippen LogP contribution is 2.27. The molecule has 3 rings (SSSR count). The molecule has 1 aliphatic rings. The maximum atomic E-state index is 4.24. The number of aromatic nitrogens is 1. The lowest BCUT2D eigenvalue weighted by atomic mass is 10.0. The first kappa shape index (κ1) is 14.3. The number of pyridine rings is 1. The molecule has 1 aliphatic heterocycles. The topological polar surface area (TPSA) is 28.2 Å². The molecule has 2 atom stereocenters. The number of hydrogen-bond donors (Lipinski definition) is 1. The lowest BCUT2D eigenvalue weighted by Gasteiger charge is -2.34. The number of nitrogens with one attached hydrogen (secondary N) is 1. The highest BCUT2D eigenvalue weighted by Gasteiger charge is 2.18. The Balaban J connectivity index is 1.90. The van der Waals surface area contributed by atoms with E-state index in [0.29, 0.717) is 12.1 Å². The highest BCUT2D eigenvalue weighted by atomic mass is 15.1. The first-order chi connectivity index (χ1) is 10.3. The second kappa shape index (κ2) is 6.44. The molecular formula is C18H25N3. The van der Waals surface area contributed by atoms with Crippen molar-refractivity contribution in [1.29, 1.82) is 0 Å². The smallest absolute Gasteiger partial charge is 0.0447 e. The van der Waals surface area contributed by atoms with Crippen LogP contribution in [0.25, 0.3) is 10.8 Å². The monoisotopic (exact) mass is 283 g/mol. The Kier molecular flexibility index (Phi) is 4.39. The van der Waals surface area contributed by atoms with Gasteiger partial charge in [0.2, 0.25) is 0 Å². The van der Waals surface area contributed by atoms with E-state index in [0.717, 1.165) is 13.1 Å². The van der Waals surface area contributed by atoms with E-state index in [2.05, 4.69) is 53.3 Å². The van der Waals surface area contributed by atoms with Gasteiger partial charge in [-0.3, -0.25) is 4.98 Å². The second-order valence-electron chi connectivity index (χ2n) is 6.11. The molecular weight excluding hydrogens is 258 g/mol. The minimum atomic E-state index is 0.592. The van der Waals surface area contributed by atoms with Crippen LogP contribution in [0.5, 0.6) is 0 Å². The van der Waals surface area contributed by atoms with Crippen molar-refractivity contribution in [2.75, 3.05) is 18.0 Å². The van der Waals surface area contributed by atoms with Crippen LogP contribution in [-0.4, -0.2) is 30.2 Å². The molecule has 3 heteroatoms. The van der Waals surface area contributed by atoms with Crippen molar-refractivity contribution in [3.63, 3.8) is 0 Å². The average molecular weight is 283 g/mol. The van der Waals surface area contributed by atoms with E-state index in [4.69, 9.17) is 0 Å². The molecule has 3 nitrogen and oxygen atoms in total. The Bertz CT molecular complexity index is 591. The van der Waals surface area contributed by atoms with Crippen LogP contribution in [0.1, 0.15) is 33.1 Å². The van der Waals surface area contributed by atoms with E-state index in [1.807, 2.05) is 12.4 Å². The molecule has 0 bridgehead atoms. The van der Waals surface area contributed by atoms with Crippen molar-refractivity contribution in [3.8, 4) is 0 Å². The largest absolute Gasteiger partial charge is 0.371 e. The highest BCUT2D eigenvalue weighted by molar-refractivity contribution is 5.93. The van der Waals surface area contributed by atoms with Gasteiger partial charge in [0.1, 0.15) is 0 Å². The van der Waals surface area contributed by atoms with Crippen LogP contribution in [0, 0.1) is 0 Å². The van der Waals surface area contributed by atoms with Crippen molar-refractivity contribution < 1.29 is 0 Å². The summed E-state index contributed by atoms with van der Waals surface area (Å²) in [5.74, 6) is 0. The molecule has 2 aromatic rings.